The van der Waals surface area contributed by atoms with Crippen LogP contribution in [0.4, 0.5) is 11.4 Å². The summed E-state index contributed by atoms with van der Waals surface area (Å²) in [5.74, 6) is 0.425. The fourth-order valence-electron chi connectivity index (χ4n) is 4.97. The van der Waals surface area contributed by atoms with Gasteiger partial charge in [-0.15, -0.1) is 0 Å². The first-order valence-corrected chi connectivity index (χ1v) is 12.8. The SMILES string of the molecule is CCC(Oc1ccc([N+](=O)[O-])cc1N1CCN(Cc2ccccc2)CC1)C(=O)NC1CCCCC1. The number of amides is 1. The Balaban J connectivity index is 1.45. The van der Waals surface area contributed by atoms with Crippen molar-refractivity contribution in [2.75, 3.05) is 31.1 Å². The summed E-state index contributed by atoms with van der Waals surface area (Å²) in [4.78, 5) is 28.6. The van der Waals surface area contributed by atoms with E-state index in [0.717, 1.165) is 58.4 Å². The lowest BCUT2D eigenvalue weighted by Gasteiger charge is -2.37. The molecule has 1 aliphatic heterocycles. The highest BCUT2D eigenvalue weighted by molar-refractivity contribution is 5.81. The highest BCUT2D eigenvalue weighted by atomic mass is 16.6. The molecule has 1 saturated heterocycles. The van der Waals surface area contributed by atoms with Crippen molar-refractivity contribution >= 4 is 17.3 Å². The number of non-ortho nitro benzene ring substituents is 1. The van der Waals surface area contributed by atoms with Crippen LogP contribution in [0, 0.1) is 10.1 Å². The van der Waals surface area contributed by atoms with Crippen LogP contribution in [-0.4, -0.2) is 54.1 Å². The van der Waals surface area contributed by atoms with Crippen molar-refractivity contribution in [3.63, 3.8) is 0 Å². The zero-order chi connectivity index (χ0) is 24.6. The predicted molar refractivity (Wildman–Crippen MR) is 137 cm³/mol. The highest BCUT2D eigenvalue weighted by Gasteiger charge is 2.27. The lowest BCUT2D eigenvalue weighted by atomic mass is 9.95. The Morgan fingerprint density at radius 2 is 1.80 bits per heavy atom. The highest BCUT2D eigenvalue weighted by Crippen LogP contribution is 2.34. The molecule has 1 amide bonds. The second-order valence-electron chi connectivity index (χ2n) is 9.52. The van der Waals surface area contributed by atoms with Gasteiger partial charge in [0.05, 0.1) is 10.6 Å². The smallest absolute Gasteiger partial charge is 0.271 e. The van der Waals surface area contributed by atoms with Gasteiger partial charge in [-0.1, -0.05) is 56.5 Å². The zero-order valence-electron chi connectivity index (χ0n) is 20.5. The summed E-state index contributed by atoms with van der Waals surface area (Å²) in [6, 6.07) is 15.3. The molecule has 1 atom stereocenters. The third-order valence-electron chi connectivity index (χ3n) is 7.00. The first-order valence-electron chi connectivity index (χ1n) is 12.8. The Bertz CT molecular complexity index is 986. The summed E-state index contributed by atoms with van der Waals surface area (Å²) in [5, 5.41) is 14.6. The Kier molecular flexibility index (Phi) is 8.58. The van der Waals surface area contributed by atoms with Crippen molar-refractivity contribution in [2.24, 2.45) is 0 Å². The summed E-state index contributed by atoms with van der Waals surface area (Å²) in [7, 11) is 0. The number of rotatable bonds is 9. The number of benzene rings is 2. The Labute approximate surface area is 207 Å². The van der Waals surface area contributed by atoms with Gasteiger partial charge in [0.1, 0.15) is 5.75 Å². The van der Waals surface area contributed by atoms with Crippen molar-refractivity contribution < 1.29 is 14.5 Å². The number of nitrogens with one attached hydrogen (secondary N) is 1. The molecule has 2 aromatic carbocycles. The van der Waals surface area contributed by atoms with Gasteiger partial charge < -0.3 is 15.0 Å². The van der Waals surface area contributed by atoms with Gasteiger partial charge in [0.2, 0.25) is 0 Å². The maximum absolute atomic E-state index is 13.0. The summed E-state index contributed by atoms with van der Waals surface area (Å²) in [5.41, 5.74) is 1.98. The van der Waals surface area contributed by atoms with Crippen LogP contribution in [0.5, 0.6) is 5.75 Å². The maximum atomic E-state index is 13.0. The lowest BCUT2D eigenvalue weighted by Crippen LogP contribution is -2.46. The van der Waals surface area contributed by atoms with E-state index >= 15 is 0 Å². The zero-order valence-corrected chi connectivity index (χ0v) is 20.5. The molecule has 4 rings (SSSR count). The molecule has 2 fully saturated rings. The maximum Gasteiger partial charge on any atom is 0.271 e. The third-order valence-corrected chi connectivity index (χ3v) is 7.00. The van der Waals surface area contributed by atoms with Crippen molar-refractivity contribution in [1.82, 2.24) is 10.2 Å². The van der Waals surface area contributed by atoms with E-state index in [1.165, 1.54) is 18.1 Å². The van der Waals surface area contributed by atoms with Crippen LogP contribution >= 0.6 is 0 Å². The van der Waals surface area contributed by atoms with Gasteiger partial charge in [-0.25, -0.2) is 0 Å². The molecule has 1 N–H and O–H groups in total. The third kappa shape index (κ3) is 6.72. The number of nitro benzene ring substituents is 1. The number of anilines is 1. The first-order chi connectivity index (χ1) is 17.0. The van der Waals surface area contributed by atoms with Crippen molar-refractivity contribution in [3.05, 3.63) is 64.2 Å². The molecule has 1 aliphatic carbocycles. The van der Waals surface area contributed by atoms with E-state index in [-0.39, 0.29) is 22.6 Å². The molecular weight excluding hydrogens is 444 g/mol. The summed E-state index contributed by atoms with van der Waals surface area (Å²) in [6.07, 6.45) is 5.44. The second-order valence-corrected chi connectivity index (χ2v) is 9.52. The van der Waals surface area contributed by atoms with Crippen LogP contribution in [0.15, 0.2) is 48.5 Å². The normalized spacial score (nSPS) is 18.1. The number of hydrogen-bond acceptors (Lipinski definition) is 6. The number of carbonyl (C=O) groups is 1. The molecule has 2 aromatic rings. The molecular formula is C27H36N4O4. The minimum atomic E-state index is -0.628. The predicted octanol–water partition coefficient (Wildman–Crippen LogP) is 4.52. The van der Waals surface area contributed by atoms with Gasteiger partial charge in [0, 0.05) is 50.9 Å². The average molecular weight is 481 g/mol. The number of nitro groups is 1. The standard InChI is InChI=1S/C27H36N4O4/c1-2-25(27(32)28-22-11-7-4-8-12-22)35-26-14-13-23(31(33)34)19-24(26)30-17-15-29(16-18-30)20-21-9-5-3-6-10-21/h3,5-6,9-10,13-14,19,22,25H,2,4,7-8,11-12,15-18,20H2,1H3,(H,28,32). The van der Waals surface area contributed by atoms with Gasteiger partial charge >= 0.3 is 0 Å². The number of carbonyl (C=O) groups excluding carboxylic acids is 1. The van der Waals surface area contributed by atoms with Crippen LogP contribution in [-0.2, 0) is 11.3 Å². The van der Waals surface area contributed by atoms with Crippen molar-refractivity contribution in [2.45, 2.75) is 64.1 Å². The molecule has 1 saturated carbocycles. The van der Waals surface area contributed by atoms with Gasteiger partial charge in [0.25, 0.3) is 11.6 Å². The van der Waals surface area contributed by atoms with Crippen LogP contribution in [0.1, 0.15) is 51.0 Å². The van der Waals surface area contributed by atoms with E-state index in [1.807, 2.05) is 25.1 Å². The summed E-state index contributed by atoms with van der Waals surface area (Å²) < 4.78 is 6.22. The van der Waals surface area contributed by atoms with E-state index in [9.17, 15) is 14.9 Å². The summed E-state index contributed by atoms with van der Waals surface area (Å²) in [6.45, 7) is 5.96. The molecule has 0 spiro atoms. The monoisotopic (exact) mass is 480 g/mol. The molecule has 0 aromatic heterocycles. The van der Waals surface area contributed by atoms with Gasteiger partial charge in [-0.05, 0) is 30.9 Å². The molecule has 2 aliphatic rings. The quantitative estimate of drug-likeness (QED) is 0.419. The fraction of sp³-hybridized carbons (Fsp3) is 0.519. The number of piperazine rings is 1. The summed E-state index contributed by atoms with van der Waals surface area (Å²) >= 11 is 0. The van der Waals surface area contributed by atoms with E-state index < -0.39 is 6.10 Å². The molecule has 0 radical (unpaired) electrons. The number of hydrogen-bond donors (Lipinski definition) is 1. The number of ether oxygens (including phenoxy) is 1. The van der Waals surface area contributed by atoms with Crippen LogP contribution in [0.2, 0.25) is 0 Å². The van der Waals surface area contributed by atoms with Crippen molar-refractivity contribution in [1.29, 1.82) is 0 Å². The molecule has 1 heterocycles. The van der Waals surface area contributed by atoms with Crippen LogP contribution in [0.25, 0.3) is 0 Å². The molecule has 8 nitrogen and oxygen atoms in total. The minimum Gasteiger partial charge on any atom is -0.478 e. The van der Waals surface area contributed by atoms with Crippen LogP contribution < -0.4 is 15.0 Å². The van der Waals surface area contributed by atoms with Gasteiger partial charge in [-0.3, -0.25) is 19.8 Å². The minimum absolute atomic E-state index is 0.0266. The molecule has 188 valence electrons. The van der Waals surface area contributed by atoms with Gasteiger partial charge in [0.15, 0.2) is 6.10 Å². The molecule has 0 bridgehead atoms. The lowest BCUT2D eigenvalue weighted by molar-refractivity contribution is -0.384. The first kappa shape index (κ1) is 25.0. The topological polar surface area (TPSA) is 88.0 Å². The van der Waals surface area contributed by atoms with E-state index in [2.05, 4.69) is 27.2 Å². The van der Waals surface area contributed by atoms with Gasteiger partial charge in [-0.2, -0.15) is 0 Å². The van der Waals surface area contributed by atoms with E-state index in [1.54, 1.807) is 12.1 Å². The second kappa shape index (κ2) is 12.0. The average Bonchev–Trinajstić information content (AvgIpc) is 2.89. The number of nitrogens with zero attached hydrogens (tertiary/aromatic N) is 3. The Hall–Kier alpha value is -3.13. The fourth-order valence-corrected chi connectivity index (χ4v) is 4.97. The molecule has 8 heteroatoms. The van der Waals surface area contributed by atoms with E-state index in [4.69, 9.17) is 4.74 Å². The van der Waals surface area contributed by atoms with E-state index in [0.29, 0.717) is 17.9 Å². The Morgan fingerprint density at radius 1 is 1.09 bits per heavy atom. The largest absolute Gasteiger partial charge is 0.478 e. The Morgan fingerprint density at radius 3 is 2.46 bits per heavy atom. The van der Waals surface area contributed by atoms with Crippen LogP contribution in [0.3, 0.4) is 0 Å². The molecule has 35 heavy (non-hydrogen) atoms. The van der Waals surface area contributed by atoms with Crippen molar-refractivity contribution in [3.8, 4) is 5.75 Å². The molecule has 1 unspecified atom stereocenters.